The largest absolute Gasteiger partial charge is 0.489 e. The highest BCUT2D eigenvalue weighted by Crippen LogP contribution is 2.27. The van der Waals surface area contributed by atoms with Gasteiger partial charge < -0.3 is 10.5 Å². The smallest absolute Gasteiger partial charge is 0.119 e. The van der Waals surface area contributed by atoms with E-state index >= 15 is 0 Å². The number of hydrogen-bond donors (Lipinski definition) is 1. The first-order valence-corrected chi connectivity index (χ1v) is 8.30. The van der Waals surface area contributed by atoms with Crippen LogP contribution in [0.2, 0.25) is 0 Å². The van der Waals surface area contributed by atoms with Crippen LogP contribution in [0.4, 0.5) is 0 Å². The van der Waals surface area contributed by atoms with E-state index in [-0.39, 0.29) is 0 Å². The Morgan fingerprint density at radius 2 is 1.52 bits per heavy atom. The maximum absolute atomic E-state index is 5.82. The van der Waals surface area contributed by atoms with Gasteiger partial charge in [-0.25, -0.2) is 0 Å². The second-order valence-electron chi connectivity index (χ2n) is 5.35. The van der Waals surface area contributed by atoms with Crippen molar-refractivity contribution in [2.24, 2.45) is 5.73 Å². The Hall–Kier alpha value is -2.10. The van der Waals surface area contributed by atoms with Crippen molar-refractivity contribution < 1.29 is 4.74 Å². The van der Waals surface area contributed by atoms with Crippen LogP contribution in [0.3, 0.4) is 0 Å². The summed E-state index contributed by atoms with van der Waals surface area (Å²) >= 11 is 3.54. The molecule has 0 saturated carbocycles. The van der Waals surface area contributed by atoms with E-state index < -0.39 is 0 Å². The zero-order valence-corrected chi connectivity index (χ0v) is 14.3. The van der Waals surface area contributed by atoms with Gasteiger partial charge in [0.05, 0.1) is 0 Å². The van der Waals surface area contributed by atoms with Gasteiger partial charge in [0.25, 0.3) is 0 Å². The van der Waals surface area contributed by atoms with Crippen LogP contribution in [0.25, 0.3) is 11.1 Å². The molecular weight excluding hydrogens is 350 g/mol. The van der Waals surface area contributed by atoms with Gasteiger partial charge in [-0.05, 0) is 52.6 Å². The maximum Gasteiger partial charge on any atom is 0.119 e. The molecule has 0 spiro atoms. The highest BCUT2D eigenvalue weighted by atomic mass is 79.9. The lowest BCUT2D eigenvalue weighted by molar-refractivity contribution is 0.306. The van der Waals surface area contributed by atoms with Gasteiger partial charge in [0.15, 0.2) is 0 Å². The van der Waals surface area contributed by atoms with Crippen LogP contribution in [0.1, 0.15) is 11.1 Å². The standard InChI is InChI=1S/C20H18BrNO/c21-19-11-16(13-22)10-18(12-19)17-6-8-20(9-7-17)23-14-15-4-2-1-3-5-15/h1-12H,13-14,22H2. The molecule has 0 saturated heterocycles. The molecule has 0 aromatic heterocycles. The average Bonchev–Trinajstić information content (AvgIpc) is 2.60. The molecule has 0 heterocycles. The SMILES string of the molecule is NCc1cc(Br)cc(-c2ccc(OCc3ccccc3)cc2)c1. The topological polar surface area (TPSA) is 35.2 Å². The molecule has 0 radical (unpaired) electrons. The third kappa shape index (κ3) is 4.21. The minimum Gasteiger partial charge on any atom is -0.489 e. The number of ether oxygens (including phenoxy) is 1. The van der Waals surface area contributed by atoms with Gasteiger partial charge in [-0.3, -0.25) is 0 Å². The first kappa shape index (κ1) is 15.8. The normalized spacial score (nSPS) is 10.5. The van der Waals surface area contributed by atoms with Crippen LogP contribution in [0.5, 0.6) is 5.75 Å². The quantitative estimate of drug-likeness (QED) is 0.676. The Balaban J connectivity index is 1.73. The van der Waals surface area contributed by atoms with Crippen molar-refractivity contribution >= 4 is 15.9 Å². The molecule has 3 aromatic carbocycles. The summed E-state index contributed by atoms with van der Waals surface area (Å²) in [6.07, 6.45) is 0. The minimum atomic E-state index is 0.532. The van der Waals surface area contributed by atoms with E-state index in [2.05, 4.69) is 52.3 Å². The van der Waals surface area contributed by atoms with Crippen molar-refractivity contribution in [1.82, 2.24) is 0 Å². The summed E-state index contributed by atoms with van der Waals surface area (Å²) in [6.45, 7) is 1.11. The summed E-state index contributed by atoms with van der Waals surface area (Å²) < 4.78 is 6.86. The Labute approximate surface area is 145 Å². The molecule has 0 fully saturated rings. The van der Waals surface area contributed by atoms with Crippen LogP contribution in [0, 0.1) is 0 Å². The van der Waals surface area contributed by atoms with E-state index in [0.717, 1.165) is 32.5 Å². The Morgan fingerprint density at radius 1 is 0.783 bits per heavy atom. The molecule has 0 atom stereocenters. The molecule has 3 rings (SSSR count). The Bertz CT molecular complexity index is 769. The number of benzene rings is 3. The highest BCUT2D eigenvalue weighted by molar-refractivity contribution is 9.10. The molecule has 0 bridgehead atoms. The van der Waals surface area contributed by atoms with Gasteiger partial charge in [0, 0.05) is 11.0 Å². The van der Waals surface area contributed by atoms with E-state index in [1.54, 1.807) is 0 Å². The van der Waals surface area contributed by atoms with E-state index in [1.807, 2.05) is 36.4 Å². The zero-order chi connectivity index (χ0) is 16.1. The summed E-state index contributed by atoms with van der Waals surface area (Å²) in [4.78, 5) is 0. The van der Waals surface area contributed by atoms with Crippen molar-refractivity contribution in [3.63, 3.8) is 0 Å². The highest BCUT2D eigenvalue weighted by Gasteiger charge is 2.03. The van der Waals surface area contributed by atoms with E-state index in [1.165, 1.54) is 0 Å². The summed E-state index contributed by atoms with van der Waals surface area (Å²) in [6, 6.07) is 24.6. The molecule has 0 aliphatic rings. The molecular formula is C20H18BrNO. The van der Waals surface area contributed by atoms with Gasteiger partial charge in [-0.2, -0.15) is 0 Å². The van der Waals surface area contributed by atoms with Crippen LogP contribution in [-0.4, -0.2) is 0 Å². The summed E-state index contributed by atoms with van der Waals surface area (Å²) in [5.41, 5.74) is 10.3. The zero-order valence-electron chi connectivity index (χ0n) is 12.7. The predicted octanol–water partition coefficient (Wildman–Crippen LogP) is 5.15. The lowest BCUT2D eigenvalue weighted by Crippen LogP contribution is -1.96. The number of hydrogen-bond acceptors (Lipinski definition) is 2. The van der Waals surface area contributed by atoms with Crippen molar-refractivity contribution in [2.75, 3.05) is 0 Å². The molecule has 116 valence electrons. The fourth-order valence-corrected chi connectivity index (χ4v) is 2.96. The van der Waals surface area contributed by atoms with Gasteiger partial charge >= 0.3 is 0 Å². The van der Waals surface area contributed by atoms with Crippen LogP contribution in [-0.2, 0) is 13.2 Å². The summed E-state index contributed by atoms with van der Waals surface area (Å²) in [7, 11) is 0. The molecule has 23 heavy (non-hydrogen) atoms. The molecule has 0 amide bonds. The first-order chi connectivity index (χ1) is 11.2. The van der Waals surface area contributed by atoms with Gasteiger partial charge in [-0.1, -0.05) is 58.4 Å². The number of nitrogens with two attached hydrogens (primary N) is 1. The lowest BCUT2D eigenvalue weighted by Gasteiger charge is -2.09. The lowest BCUT2D eigenvalue weighted by atomic mass is 10.0. The van der Waals surface area contributed by atoms with Gasteiger partial charge in [0.2, 0.25) is 0 Å². The Morgan fingerprint density at radius 3 is 2.22 bits per heavy atom. The van der Waals surface area contributed by atoms with Crippen LogP contribution < -0.4 is 10.5 Å². The minimum absolute atomic E-state index is 0.532. The predicted molar refractivity (Wildman–Crippen MR) is 98.2 cm³/mol. The second kappa shape index (κ2) is 7.44. The molecule has 3 aromatic rings. The molecule has 2 nitrogen and oxygen atoms in total. The molecule has 2 N–H and O–H groups in total. The average molecular weight is 368 g/mol. The Kier molecular flexibility index (Phi) is 5.11. The van der Waals surface area contributed by atoms with Crippen molar-refractivity contribution in [2.45, 2.75) is 13.2 Å². The third-order valence-electron chi connectivity index (χ3n) is 3.63. The van der Waals surface area contributed by atoms with E-state index in [4.69, 9.17) is 10.5 Å². The van der Waals surface area contributed by atoms with Crippen LogP contribution in [0.15, 0.2) is 77.3 Å². The summed E-state index contributed by atoms with van der Waals surface area (Å²) in [5, 5.41) is 0. The van der Waals surface area contributed by atoms with Crippen molar-refractivity contribution in [1.29, 1.82) is 0 Å². The van der Waals surface area contributed by atoms with Gasteiger partial charge in [0.1, 0.15) is 12.4 Å². The van der Waals surface area contributed by atoms with Crippen LogP contribution >= 0.6 is 15.9 Å². The third-order valence-corrected chi connectivity index (χ3v) is 4.09. The monoisotopic (exact) mass is 367 g/mol. The van der Waals surface area contributed by atoms with Crippen molar-refractivity contribution in [3.05, 3.63) is 88.4 Å². The first-order valence-electron chi connectivity index (χ1n) is 7.51. The molecule has 3 heteroatoms. The number of rotatable bonds is 5. The van der Waals surface area contributed by atoms with Crippen molar-refractivity contribution in [3.8, 4) is 16.9 Å². The second-order valence-corrected chi connectivity index (χ2v) is 6.27. The fraction of sp³-hybridized carbons (Fsp3) is 0.100. The van der Waals surface area contributed by atoms with E-state index in [9.17, 15) is 0 Å². The summed E-state index contributed by atoms with van der Waals surface area (Å²) in [5.74, 6) is 0.867. The fourth-order valence-electron chi connectivity index (χ4n) is 2.42. The van der Waals surface area contributed by atoms with Gasteiger partial charge in [-0.15, -0.1) is 0 Å². The molecule has 0 aliphatic heterocycles. The molecule has 0 unspecified atom stereocenters. The van der Waals surface area contributed by atoms with E-state index in [0.29, 0.717) is 13.2 Å². The molecule has 0 aliphatic carbocycles. The maximum atomic E-state index is 5.82. The number of halogens is 1.